The molecule has 1 atom stereocenters. The summed E-state index contributed by atoms with van der Waals surface area (Å²) in [6.45, 7) is 0.0568. The minimum Gasteiger partial charge on any atom is -0.395 e. The summed E-state index contributed by atoms with van der Waals surface area (Å²) in [5.41, 5.74) is 0. The Labute approximate surface area is 124 Å². The monoisotopic (exact) mass is 334 g/mol. The van der Waals surface area contributed by atoms with Crippen LogP contribution in [0.25, 0.3) is 0 Å². The lowest BCUT2D eigenvalue weighted by Crippen LogP contribution is -2.45. The van der Waals surface area contributed by atoms with E-state index in [2.05, 4.69) is 0 Å². The first kappa shape index (κ1) is 16.4. The Morgan fingerprint density at radius 1 is 1.19 bits per heavy atom. The molecule has 1 fully saturated rings. The van der Waals surface area contributed by atoms with Crippen molar-refractivity contribution >= 4 is 20.0 Å². The van der Waals surface area contributed by atoms with E-state index < -0.39 is 26.1 Å². The first-order chi connectivity index (χ1) is 9.76. The third kappa shape index (κ3) is 3.43. The second-order valence-corrected chi connectivity index (χ2v) is 8.42. The summed E-state index contributed by atoms with van der Waals surface area (Å²) in [6, 6.07) is 4.49. The molecule has 0 saturated carbocycles. The number of sulfonamides is 2. The van der Waals surface area contributed by atoms with E-state index in [0.717, 1.165) is 12.5 Å². The number of primary sulfonamides is 1. The maximum absolute atomic E-state index is 12.6. The molecule has 21 heavy (non-hydrogen) atoms. The fourth-order valence-corrected chi connectivity index (χ4v) is 4.79. The van der Waals surface area contributed by atoms with Gasteiger partial charge in [-0.25, -0.2) is 22.0 Å². The van der Waals surface area contributed by atoms with E-state index >= 15 is 0 Å². The van der Waals surface area contributed by atoms with E-state index in [1.807, 2.05) is 0 Å². The van der Waals surface area contributed by atoms with Gasteiger partial charge >= 0.3 is 0 Å². The van der Waals surface area contributed by atoms with Gasteiger partial charge in [-0.05, 0) is 31.0 Å². The van der Waals surface area contributed by atoms with Crippen molar-refractivity contribution in [3.63, 3.8) is 0 Å². The zero-order valence-electron chi connectivity index (χ0n) is 11.3. The highest BCUT2D eigenvalue weighted by molar-refractivity contribution is 7.90. The van der Waals surface area contributed by atoms with Gasteiger partial charge in [0.1, 0.15) is 0 Å². The molecule has 9 heteroatoms. The van der Waals surface area contributed by atoms with Gasteiger partial charge in [0.2, 0.25) is 20.0 Å². The van der Waals surface area contributed by atoms with Crippen molar-refractivity contribution in [3.8, 4) is 0 Å². The minimum atomic E-state index is -3.97. The third-order valence-corrected chi connectivity index (χ3v) is 6.38. The molecule has 1 aliphatic rings. The third-order valence-electron chi connectivity index (χ3n) is 3.52. The Balaban J connectivity index is 2.44. The first-order valence-electron chi connectivity index (χ1n) is 6.52. The number of nitrogens with zero attached hydrogens (tertiary/aromatic N) is 1. The van der Waals surface area contributed by atoms with Crippen LogP contribution in [0.1, 0.15) is 19.3 Å². The van der Waals surface area contributed by atoms with E-state index in [9.17, 15) is 21.9 Å². The number of aliphatic hydroxyl groups is 1. The highest BCUT2D eigenvalue weighted by atomic mass is 32.2. The average molecular weight is 334 g/mol. The van der Waals surface area contributed by atoms with E-state index in [0.29, 0.717) is 19.4 Å². The summed E-state index contributed by atoms with van der Waals surface area (Å²) in [5, 5.41) is 14.4. The Morgan fingerprint density at radius 2 is 1.86 bits per heavy atom. The average Bonchev–Trinajstić information content (AvgIpc) is 2.46. The summed E-state index contributed by atoms with van der Waals surface area (Å²) < 4.78 is 49.1. The van der Waals surface area contributed by atoms with E-state index in [-0.39, 0.29) is 16.4 Å². The van der Waals surface area contributed by atoms with Crippen LogP contribution >= 0.6 is 0 Å². The van der Waals surface area contributed by atoms with Gasteiger partial charge in [-0.3, -0.25) is 0 Å². The Morgan fingerprint density at radius 3 is 2.48 bits per heavy atom. The van der Waals surface area contributed by atoms with Crippen molar-refractivity contribution in [2.75, 3.05) is 13.2 Å². The van der Waals surface area contributed by atoms with Gasteiger partial charge in [0.05, 0.1) is 16.4 Å². The molecule has 1 aromatic carbocycles. The number of hydrogen-bond acceptors (Lipinski definition) is 5. The van der Waals surface area contributed by atoms with Gasteiger partial charge in [0, 0.05) is 12.6 Å². The molecular weight excluding hydrogens is 316 g/mol. The molecule has 7 nitrogen and oxygen atoms in total. The van der Waals surface area contributed by atoms with E-state index in [4.69, 9.17) is 5.14 Å². The summed E-state index contributed by atoms with van der Waals surface area (Å²) in [5.74, 6) is 0. The van der Waals surface area contributed by atoms with Gasteiger partial charge in [-0.2, -0.15) is 4.31 Å². The lowest BCUT2D eigenvalue weighted by molar-refractivity contribution is 0.155. The maximum Gasteiger partial charge on any atom is 0.243 e. The number of piperidine rings is 1. The number of rotatable bonds is 4. The number of aliphatic hydroxyl groups excluding tert-OH is 1. The minimum absolute atomic E-state index is 0.130. The van der Waals surface area contributed by atoms with Crippen LogP contribution < -0.4 is 5.14 Å². The molecule has 0 amide bonds. The van der Waals surface area contributed by atoms with Crippen molar-refractivity contribution in [2.45, 2.75) is 35.1 Å². The Kier molecular flexibility index (Phi) is 4.69. The molecule has 2 rings (SSSR count). The predicted octanol–water partition coefficient (Wildman–Crippen LogP) is -0.130. The van der Waals surface area contributed by atoms with E-state index in [1.54, 1.807) is 0 Å². The van der Waals surface area contributed by atoms with Gasteiger partial charge in [0.25, 0.3) is 0 Å². The predicted molar refractivity (Wildman–Crippen MR) is 76.4 cm³/mol. The van der Waals surface area contributed by atoms with Gasteiger partial charge in [0.15, 0.2) is 0 Å². The lowest BCUT2D eigenvalue weighted by Gasteiger charge is -2.33. The molecule has 0 radical (unpaired) electrons. The summed E-state index contributed by atoms with van der Waals surface area (Å²) in [7, 11) is -7.82. The zero-order valence-corrected chi connectivity index (χ0v) is 13.0. The van der Waals surface area contributed by atoms with Crippen LogP contribution in [0, 0.1) is 0 Å². The van der Waals surface area contributed by atoms with Crippen LogP contribution in [0.5, 0.6) is 0 Å². The van der Waals surface area contributed by atoms with Crippen LogP contribution in [0.4, 0.5) is 0 Å². The molecule has 0 aromatic heterocycles. The molecule has 118 valence electrons. The van der Waals surface area contributed by atoms with Crippen molar-refractivity contribution in [1.29, 1.82) is 0 Å². The molecule has 1 unspecified atom stereocenters. The normalized spacial score (nSPS) is 21.3. The van der Waals surface area contributed by atoms with Crippen molar-refractivity contribution in [2.24, 2.45) is 5.14 Å². The molecule has 0 aliphatic carbocycles. The van der Waals surface area contributed by atoms with Gasteiger partial charge in [-0.1, -0.05) is 12.5 Å². The Bertz CT molecular complexity index is 715. The lowest BCUT2D eigenvalue weighted by atomic mass is 10.1. The van der Waals surface area contributed by atoms with Crippen LogP contribution in [-0.4, -0.2) is 45.4 Å². The fourth-order valence-electron chi connectivity index (χ4n) is 2.42. The van der Waals surface area contributed by atoms with E-state index in [1.165, 1.54) is 22.5 Å². The quantitative estimate of drug-likeness (QED) is 0.795. The Hall–Kier alpha value is -1.00. The summed E-state index contributed by atoms with van der Waals surface area (Å²) in [4.78, 5) is -0.379. The molecule has 1 aromatic rings. The SMILES string of the molecule is NS(=O)(=O)c1cccc(S(=O)(=O)N2CCCCC2CO)c1. The molecule has 1 aliphatic heterocycles. The summed E-state index contributed by atoms with van der Waals surface area (Å²) in [6.07, 6.45) is 2.16. The van der Waals surface area contributed by atoms with Crippen molar-refractivity contribution < 1.29 is 21.9 Å². The first-order valence-corrected chi connectivity index (χ1v) is 9.51. The number of nitrogens with two attached hydrogens (primary N) is 1. The largest absolute Gasteiger partial charge is 0.395 e. The molecule has 0 bridgehead atoms. The fraction of sp³-hybridized carbons (Fsp3) is 0.500. The smallest absolute Gasteiger partial charge is 0.243 e. The maximum atomic E-state index is 12.6. The topological polar surface area (TPSA) is 118 Å². The van der Waals surface area contributed by atoms with Crippen molar-refractivity contribution in [3.05, 3.63) is 24.3 Å². The van der Waals surface area contributed by atoms with Gasteiger partial charge < -0.3 is 5.11 Å². The molecule has 3 N–H and O–H groups in total. The van der Waals surface area contributed by atoms with Crippen molar-refractivity contribution in [1.82, 2.24) is 4.31 Å². The van der Waals surface area contributed by atoms with Crippen LogP contribution in [0.15, 0.2) is 34.1 Å². The molecule has 1 heterocycles. The van der Waals surface area contributed by atoms with Crippen LogP contribution in [-0.2, 0) is 20.0 Å². The molecular formula is C12H18N2O5S2. The zero-order chi connectivity index (χ0) is 15.7. The highest BCUT2D eigenvalue weighted by Crippen LogP contribution is 2.26. The highest BCUT2D eigenvalue weighted by Gasteiger charge is 2.33. The molecule has 0 spiro atoms. The standard InChI is InChI=1S/C12H18N2O5S2/c13-20(16,17)11-5-3-6-12(8-11)21(18,19)14-7-2-1-4-10(14)9-15/h3,5-6,8,10,15H,1-2,4,7,9H2,(H2,13,16,17). The summed E-state index contributed by atoms with van der Waals surface area (Å²) >= 11 is 0. The van der Waals surface area contributed by atoms with Gasteiger partial charge in [-0.15, -0.1) is 0 Å². The number of benzene rings is 1. The second-order valence-electron chi connectivity index (χ2n) is 4.97. The van der Waals surface area contributed by atoms with Crippen LogP contribution in [0.2, 0.25) is 0 Å². The molecule has 1 saturated heterocycles. The number of hydrogen-bond donors (Lipinski definition) is 2. The second kappa shape index (κ2) is 6.01. The van der Waals surface area contributed by atoms with Crippen LogP contribution in [0.3, 0.4) is 0 Å².